The van der Waals surface area contributed by atoms with E-state index in [-0.39, 0.29) is 11.3 Å². The largest absolute Gasteiger partial charge is 0.494 e. The maximum absolute atomic E-state index is 12.6. The Morgan fingerprint density at radius 1 is 1.17 bits per heavy atom. The molecule has 4 fully saturated rings. The van der Waals surface area contributed by atoms with Gasteiger partial charge in [-0.15, -0.1) is 0 Å². The Bertz CT molecular complexity index is 925. The Morgan fingerprint density at radius 3 is 2.40 bits per heavy atom. The van der Waals surface area contributed by atoms with E-state index in [0.29, 0.717) is 12.3 Å². The van der Waals surface area contributed by atoms with Gasteiger partial charge in [0.25, 0.3) is 5.91 Å². The van der Waals surface area contributed by atoms with Crippen molar-refractivity contribution in [2.45, 2.75) is 57.8 Å². The summed E-state index contributed by atoms with van der Waals surface area (Å²) in [6.07, 6.45) is 7.95. The summed E-state index contributed by atoms with van der Waals surface area (Å²) in [5.41, 5.74) is 6.12. The summed E-state index contributed by atoms with van der Waals surface area (Å²) in [5, 5.41) is 11.8. The molecule has 0 radical (unpaired) electrons. The van der Waals surface area contributed by atoms with Gasteiger partial charge in [-0.3, -0.25) is 9.89 Å². The zero-order valence-corrected chi connectivity index (χ0v) is 17.8. The molecule has 6 rings (SSSR count). The van der Waals surface area contributed by atoms with Gasteiger partial charge < -0.3 is 4.74 Å². The van der Waals surface area contributed by atoms with Gasteiger partial charge in [0.05, 0.1) is 12.3 Å². The summed E-state index contributed by atoms with van der Waals surface area (Å²) < 4.78 is 5.46. The van der Waals surface area contributed by atoms with Gasteiger partial charge in [0, 0.05) is 11.1 Å². The van der Waals surface area contributed by atoms with Gasteiger partial charge in [0.15, 0.2) is 5.69 Å². The number of aromatic nitrogens is 2. The minimum absolute atomic E-state index is 0.210. The molecule has 1 amide bonds. The first kappa shape index (κ1) is 19.3. The number of nitrogens with one attached hydrogen (secondary N) is 2. The third-order valence-electron chi connectivity index (χ3n) is 7.33. The summed E-state index contributed by atoms with van der Waals surface area (Å²) in [7, 11) is 0. The van der Waals surface area contributed by atoms with E-state index in [9.17, 15) is 4.79 Å². The molecule has 0 unspecified atom stereocenters. The van der Waals surface area contributed by atoms with Crippen LogP contribution in [0.2, 0.25) is 0 Å². The van der Waals surface area contributed by atoms with Crippen LogP contribution in [0.4, 0.5) is 0 Å². The van der Waals surface area contributed by atoms with Crippen LogP contribution in [0.1, 0.15) is 74.1 Å². The Balaban J connectivity index is 1.26. The van der Waals surface area contributed by atoms with Crippen molar-refractivity contribution in [1.29, 1.82) is 0 Å². The van der Waals surface area contributed by atoms with Gasteiger partial charge in [-0.25, -0.2) is 5.43 Å². The number of carbonyl (C=O) groups is 1. The van der Waals surface area contributed by atoms with Crippen LogP contribution in [-0.4, -0.2) is 28.4 Å². The number of amides is 1. The van der Waals surface area contributed by atoms with E-state index in [1.807, 2.05) is 44.2 Å². The van der Waals surface area contributed by atoms with Crippen LogP contribution in [0.25, 0.3) is 0 Å². The molecule has 2 aromatic rings. The zero-order chi connectivity index (χ0) is 20.7. The molecule has 4 aliphatic rings. The van der Waals surface area contributed by atoms with Gasteiger partial charge >= 0.3 is 0 Å². The molecule has 30 heavy (non-hydrogen) atoms. The second kappa shape index (κ2) is 7.56. The molecule has 158 valence electrons. The summed E-state index contributed by atoms with van der Waals surface area (Å²) in [6.45, 7) is 4.47. The standard InChI is InChI=1S/C24H30N4O2/c1-3-30-20-6-4-19(5-7-20)15(2)25-28-23(29)21-11-22(27-26-21)24-12-16-8-17(13-24)10-18(9-16)14-24/h4-7,11,16-18H,3,8-10,12-14H2,1-2H3,(H,26,27)(H,28,29)/b25-15-. The van der Waals surface area contributed by atoms with Gasteiger partial charge in [0.1, 0.15) is 5.75 Å². The third-order valence-corrected chi connectivity index (χ3v) is 7.33. The molecule has 1 aromatic carbocycles. The summed E-state index contributed by atoms with van der Waals surface area (Å²) in [6, 6.07) is 9.66. The second-order valence-corrected chi connectivity index (χ2v) is 9.46. The summed E-state index contributed by atoms with van der Waals surface area (Å²) in [5.74, 6) is 3.13. The topological polar surface area (TPSA) is 79.4 Å². The second-order valence-electron chi connectivity index (χ2n) is 9.46. The molecule has 4 aliphatic carbocycles. The quantitative estimate of drug-likeness (QED) is 0.550. The van der Waals surface area contributed by atoms with Crippen molar-refractivity contribution in [2.75, 3.05) is 6.61 Å². The lowest BCUT2D eigenvalue weighted by Gasteiger charge is -2.56. The van der Waals surface area contributed by atoms with Crippen LogP contribution in [0.15, 0.2) is 35.4 Å². The van der Waals surface area contributed by atoms with Gasteiger partial charge in [-0.05, 0) is 106 Å². The molecule has 4 saturated carbocycles. The van der Waals surface area contributed by atoms with Crippen molar-refractivity contribution >= 4 is 11.6 Å². The predicted molar refractivity (Wildman–Crippen MR) is 116 cm³/mol. The summed E-state index contributed by atoms with van der Waals surface area (Å²) in [4.78, 5) is 12.6. The molecule has 1 aromatic heterocycles. The number of carbonyl (C=O) groups excluding carboxylic acids is 1. The first-order chi connectivity index (χ1) is 14.5. The molecule has 0 saturated heterocycles. The Kier molecular flexibility index (Phi) is 4.88. The number of nitrogens with zero attached hydrogens (tertiary/aromatic N) is 2. The fraction of sp³-hybridized carbons (Fsp3) is 0.542. The molecular weight excluding hydrogens is 376 g/mol. The van der Waals surface area contributed by atoms with E-state index in [1.165, 1.54) is 38.5 Å². The monoisotopic (exact) mass is 406 g/mol. The highest BCUT2D eigenvalue weighted by Crippen LogP contribution is 2.60. The van der Waals surface area contributed by atoms with Gasteiger partial charge in [0.2, 0.25) is 0 Å². The van der Waals surface area contributed by atoms with Crippen LogP contribution < -0.4 is 10.2 Å². The molecule has 6 nitrogen and oxygen atoms in total. The van der Waals surface area contributed by atoms with Crippen LogP contribution >= 0.6 is 0 Å². The zero-order valence-electron chi connectivity index (χ0n) is 17.8. The van der Waals surface area contributed by atoms with Crippen molar-refractivity contribution in [3.8, 4) is 5.75 Å². The number of hydrazone groups is 1. The molecule has 0 spiro atoms. The van der Waals surface area contributed by atoms with Crippen LogP contribution in [0, 0.1) is 17.8 Å². The van der Waals surface area contributed by atoms with Crippen LogP contribution in [0.3, 0.4) is 0 Å². The van der Waals surface area contributed by atoms with Crippen molar-refractivity contribution in [3.63, 3.8) is 0 Å². The lowest BCUT2D eigenvalue weighted by Crippen LogP contribution is -2.48. The minimum Gasteiger partial charge on any atom is -0.494 e. The number of rotatable bonds is 6. The van der Waals surface area contributed by atoms with E-state index in [1.54, 1.807) is 0 Å². The molecule has 2 N–H and O–H groups in total. The molecular formula is C24H30N4O2. The molecule has 4 bridgehead atoms. The number of hydrogen-bond donors (Lipinski definition) is 2. The molecule has 0 atom stereocenters. The van der Waals surface area contributed by atoms with E-state index >= 15 is 0 Å². The first-order valence-electron chi connectivity index (χ1n) is 11.2. The van der Waals surface area contributed by atoms with E-state index in [4.69, 9.17) is 4.74 Å². The van der Waals surface area contributed by atoms with Crippen LogP contribution in [0.5, 0.6) is 5.75 Å². The normalized spacial score (nSPS) is 29.8. The smallest absolute Gasteiger partial charge is 0.291 e. The number of ether oxygens (including phenoxy) is 1. The Labute approximate surface area is 177 Å². The Hall–Kier alpha value is -2.63. The number of H-pyrrole nitrogens is 1. The molecule has 1 heterocycles. The highest BCUT2D eigenvalue weighted by molar-refractivity contribution is 6.00. The molecule has 6 heteroatoms. The Morgan fingerprint density at radius 2 is 1.80 bits per heavy atom. The van der Waals surface area contributed by atoms with Gasteiger partial charge in [-0.2, -0.15) is 10.2 Å². The van der Waals surface area contributed by atoms with E-state index in [0.717, 1.165) is 40.5 Å². The molecule has 0 aliphatic heterocycles. The SMILES string of the molecule is CCOc1ccc(/C(C)=N\NC(=O)c2cc(C34CC5CC(CC(C5)C3)C4)[nH]n2)cc1. The highest BCUT2D eigenvalue weighted by atomic mass is 16.5. The average molecular weight is 407 g/mol. The summed E-state index contributed by atoms with van der Waals surface area (Å²) >= 11 is 0. The van der Waals surface area contributed by atoms with E-state index < -0.39 is 0 Å². The fourth-order valence-corrected chi connectivity index (χ4v) is 6.37. The average Bonchev–Trinajstić information content (AvgIpc) is 3.23. The van der Waals surface area contributed by atoms with Crippen molar-refractivity contribution in [3.05, 3.63) is 47.3 Å². The number of hydrogen-bond acceptors (Lipinski definition) is 4. The lowest BCUT2D eigenvalue weighted by atomic mass is 9.49. The number of benzene rings is 1. The third kappa shape index (κ3) is 3.53. The maximum atomic E-state index is 12.6. The number of aromatic amines is 1. The van der Waals surface area contributed by atoms with Crippen molar-refractivity contribution < 1.29 is 9.53 Å². The highest BCUT2D eigenvalue weighted by Gasteiger charge is 2.52. The minimum atomic E-state index is -0.271. The predicted octanol–water partition coefficient (Wildman–Crippen LogP) is 4.43. The van der Waals surface area contributed by atoms with Crippen LogP contribution in [-0.2, 0) is 5.41 Å². The lowest BCUT2D eigenvalue weighted by molar-refractivity contribution is -0.00721. The van der Waals surface area contributed by atoms with Crippen molar-refractivity contribution in [1.82, 2.24) is 15.6 Å². The maximum Gasteiger partial charge on any atom is 0.291 e. The first-order valence-corrected chi connectivity index (χ1v) is 11.2. The van der Waals surface area contributed by atoms with E-state index in [2.05, 4.69) is 20.7 Å². The van der Waals surface area contributed by atoms with Gasteiger partial charge in [-0.1, -0.05) is 0 Å². The van der Waals surface area contributed by atoms with Crippen molar-refractivity contribution in [2.24, 2.45) is 22.9 Å². The fourth-order valence-electron chi connectivity index (χ4n) is 6.37.